The summed E-state index contributed by atoms with van der Waals surface area (Å²) in [5, 5.41) is 0. The van der Waals surface area contributed by atoms with Gasteiger partial charge in [0.15, 0.2) is 0 Å². The zero-order chi connectivity index (χ0) is 7.84. The number of piperidine rings is 1. The Labute approximate surface area is 68.5 Å². The molecule has 0 bridgehead atoms. The van der Waals surface area contributed by atoms with Crippen LogP contribution in [0.25, 0.3) is 0 Å². The van der Waals surface area contributed by atoms with Crippen LogP contribution in [0.5, 0.6) is 0 Å². The molecule has 0 aliphatic carbocycles. The molecule has 2 rings (SSSR count). The van der Waals surface area contributed by atoms with Crippen molar-refractivity contribution >= 4 is 0 Å². The monoisotopic (exact) mass is 155 g/mol. The van der Waals surface area contributed by atoms with Gasteiger partial charge in [-0.2, -0.15) is 0 Å². The Hall–Kier alpha value is -0.0800. The van der Waals surface area contributed by atoms with Gasteiger partial charge >= 0.3 is 0 Å². The zero-order valence-corrected chi connectivity index (χ0v) is 7.42. The van der Waals surface area contributed by atoms with Gasteiger partial charge < -0.3 is 9.64 Å². The summed E-state index contributed by atoms with van der Waals surface area (Å²) in [6.07, 6.45) is 1.33. The van der Waals surface area contributed by atoms with E-state index in [1.807, 2.05) is 0 Å². The Morgan fingerprint density at radius 3 is 2.82 bits per heavy atom. The van der Waals surface area contributed by atoms with Crippen LogP contribution in [0, 0.1) is 11.8 Å². The molecule has 0 aromatic carbocycles. The van der Waals surface area contributed by atoms with E-state index >= 15 is 0 Å². The van der Waals surface area contributed by atoms with Crippen molar-refractivity contribution in [2.75, 3.05) is 26.8 Å². The van der Waals surface area contributed by atoms with Crippen molar-refractivity contribution in [1.29, 1.82) is 0 Å². The van der Waals surface area contributed by atoms with Gasteiger partial charge in [-0.3, -0.25) is 0 Å². The molecule has 11 heavy (non-hydrogen) atoms. The van der Waals surface area contributed by atoms with Crippen LogP contribution in [0.4, 0.5) is 0 Å². The van der Waals surface area contributed by atoms with E-state index < -0.39 is 0 Å². The highest BCUT2D eigenvalue weighted by Gasteiger charge is 2.35. The van der Waals surface area contributed by atoms with Crippen molar-refractivity contribution in [3.8, 4) is 0 Å². The minimum Gasteiger partial charge on any atom is -0.381 e. The molecule has 2 saturated heterocycles. The molecule has 0 N–H and O–H groups in total. The second-order valence-electron chi connectivity index (χ2n) is 4.08. The Morgan fingerprint density at radius 1 is 1.27 bits per heavy atom. The topological polar surface area (TPSA) is 12.5 Å². The molecule has 3 atom stereocenters. The van der Waals surface area contributed by atoms with Gasteiger partial charge in [-0.25, -0.2) is 0 Å². The van der Waals surface area contributed by atoms with Crippen molar-refractivity contribution in [3.05, 3.63) is 0 Å². The van der Waals surface area contributed by atoms with Gasteiger partial charge in [0.05, 0.1) is 6.61 Å². The maximum Gasteiger partial charge on any atom is 0.0510 e. The fourth-order valence-corrected chi connectivity index (χ4v) is 2.27. The Bertz CT molecular complexity index is 132. The van der Waals surface area contributed by atoms with E-state index in [4.69, 9.17) is 4.74 Å². The third kappa shape index (κ3) is 1.30. The normalized spacial score (nSPS) is 45.8. The number of rotatable bonds is 0. The molecule has 0 amide bonds. The summed E-state index contributed by atoms with van der Waals surface area (Å²) in [7, 11) is 2.22. The highest BCUT2D eigenvalue weighted by atomic mass is 16.5. The van der Waals surface area contributed by atoms with Crippen molar-refractivity contribution < 1.29 is 4.74 Å². The largest absolute Gasteiger partial charge is 0.381 e. The van der Waals surface area contributed by atoms with E-state index in [1.165, 1.54) is 13.0 Å². The molecule has 2 heteroatoms. The first-order valence-electron chi connectivity index (χ1n) is 4.55. The van der Waals surface area contributed by atoms with Crippen LogP contribution in [0.15, 0.2) is 0 Å². The Morgan fingerprint density at radius 2 is 2.00 bits per heavy atom. The maximum absolute atomic E-state index is 5.46. The standard InChI is InChI=1S/C9H17NO/c1-7-3-8-5-11-6-9(8)4-10(7)2/h7-9H,3-6H2,1-2H3. The first-order chi connectivity index (χ1) is 5.27. The predicted molar refractivity (Wildman–Crippen MR) is 44.5 cm³/mol. The van der Waals surface area contributed by atoms with E-state index in [0.29, 0.717) is 0 Å². The molecular formula is C9H17NO. The summed E-state index contributed by atoms with van der Waals surface area (Å²) in [6, 6.07) is 0.762. The summed E-state index contributed by atoms with van der Waals surface area (Å²) in [5.74, 6) is 1.69. The van der Waals surface area contributed by atoms with E-state index in [2.05, 4.69) is 18.9 Å². The first-order valence-corrected chi connectivity index (χ1v) is 4.55. The van der Waals surface area contributed by atoms with Gasteiger partial charge in [-0.05, 0) is 26.3 Å². The number of likely N-dealkylation sites (tertiary alicyclic amines) is 1. The van der Waals surface area contributed by atoms with Crippen molar-refractivity contribution in [3.63, 3.8) is 0 Å². The Balaban J connectivity index is 2.00. The SMILES string of the molecule is CC1CC2COCC2CN1C. The number of hydrogen-bond acceptors (Lipinski definition) is 2. The molecule has 2 nitrogen and oxygen atoms in total. The minimum atomic E-state index is 0.762. The average Bonchev–Trinajstić information content (AvgIpc) is 2.36. The van der Waals surface area contributed by atoms with Gasteiger partial charge in [0.2, 0.25) is 0 Å². The van der Waals surface area contributed by atoms with Gasteiger partial charge in [0.1, 0.15) is 0 Å². The Kier molecular flexibility index (Phi) is 1.90. The summed E-state index contributed by atoms with van der Waals surface area (Å²) in [5.41, 5.74) is 0. The van der Waals surface area contributed by atoms with Crippen LogP contribution < -0.4 is 0 Å². The fourth-order valence-electron chi connectivity index (χ4n) is 2.27. The second-order valence-corrected chi connectivity index (χ2v) is 4.08. The molecule has 0 aromatic heterocycles. The second kappa shape index (κ2) is 2.76. The van der Waals surface area contributed by atoms with Crippen LogP contribution in [0.2, 0.25) is 0 Å². The lowest BCUT2D eigenvalue weighted by Crippen LogP contribution is -2.43. The number of hydrogen-bond donors (Lipinski definition) is 0. The van der Waals surface area contributed by atoms with E-state index in [-0.39, 0.29) is 0 Å². The molecule has 2 aliphatic rings. The van der Waals surface area contributed by atoms with Gasteiger partial charge in [-0.1, -0.05) is 0 Å². The lowest BCUT2D eigenvalue weighted by molar-refractivity contribution is 0.121. The lowest BCUT2D eigenvalue weighted by Gasteiger charge is -2.36. The fraction of sp³-hybridized carbons (Fsp3) is 1.00. The van der Waals surface area contributed by atoms with Crippen LogP contribution in [0.3, 0.4) is 0 Å². The van der Waals surface area contributed by atoms with Crippen molar-refractivity contribution in [2.45, 2.75) is 19.4 Å². The van der Waals surface area contributed by atoms with Gasteiger partial charge in [-0.15, -0.1) is 0 Å². The molecule has 64 valence electrons. The summed E-state index contributed by atoms with van der Waals surface area (Å²) in [6.45, 7) is 5.57. The van der Waals surface area contributed by atoms with E-state index in [1.54, 1.807) is 0 Å². The molecular weight excluding hydrogens is 138 g/mol. The molecule has 3 unspecified atom stereocenters. The predicted octanol–water partition coefficient (Wildman–Crippen LogP) is 0.973. The van der Waals surface area contributed by atoms with Crippen LogP contribution >= 0.6 is 0 Å². The third-order valence-corrected chi connectivity index (χ3v) is 3.25. The zero-order valence-electron chi connectivity index (χ0n) is 7.42. The smallest absolute Gasteiger partial charge is 0.0510 e. The van der Waals surface area contributed by atoms with Crippen LogP contribution in [-0.2, 0) is 4.74 Å². The summed E-state index contributed by atoms with van der Waals surface area (Å²) >= 11 is 0. The van der Waals surface area contributed by atoms with E-state index in [0.717, 1.165) is 31.1 Å². The van der Waals surface area contributed by atoms with Crippen LogP contribution in [0.1, 0.15) is 13.3 Å². The average molecular weight is 155 g/mol. The molecule has 2 heterocycles. The summed E-state index contributed by atoms with van der Waals surface area (Å²) < 4.78 is 5.46. The van der Waals surface area contributed by atoms with Crippen molar-refractivity contribution in [2.24, 2.45) is 11.8 Å². The van der Waals surface area contributed by atoms with Gasteiger partial charge in [0, 0.05) is 25.1 Å². The summed E-state index contributed by atoms with van der Waals surface area (Å²) in [4.78, 5) is 2.45. The van der Waals surface area contributed by atoms with Gasteiger partial charge in [0.25, 0.3) is 0 Å². The van der Waals surface area contributed by atoms with E-state index in [9.17, 15) is 0 Å². The molecule has 0 radical (unpaired) electrons. The number of ether oxygens (including phenoxy) is 1. The third-order valence-electron chi connectivity index (χ3n) is 3.25. The first kappa shape index (κ1) is 7.56. The molecule has 0 aromatic rings. The maximum atomic E-state index is 5.46. The quantitative estimate of drug-likeness (QED) is 0.517. The highest BCUT2D eigenvalue weighted by Crippen LogP contribution is 2.31. The molecule has 0 saturated carbocycles. The minimum absolute atomic E-state index is 0.762. The molecule has 2 fully saturated rings. The molecule has 2 aliphatic heterocycles. The number of nitrogens with zero attached hydrogens (tertiary/aromatic N) is 1. The number of fused-ring (bicyclic) bond motifs is 1. The van der Waals surface area contributed by atoms with Crippen molar-refractivity contribution in [1.82, 2.24) is 4.90 Å². The lowest BCUT2D eigenvalue weighted by atomic mass is 9.85. The highest BCUT2D eigenvalue weighted by molar-refractivity contribution is 4.86. The van der Waals surface area contributed by atoms with Crippen LogP contribution in [-0.4, -0.2) is 37.7 Å². The molecule has 0 spiro atoms.